The molecule has 0 amide bonds. The van der Waals surface area contributed by atoms with Crippen LogP contribution in [0.3, 0.4) is 0 Å². The van der Waals surface area contributed by atoms with Crippen molar-refractivity contribution in [3.8, 4) is 5.75 Å². The number of aromatic hydroxyl groups is 1. The van der Waals surface area contributed by atoms with Gasteiger partial charge in [0.25, 0.3) is 0 Å². The molecule has 0 atom stereocenters. The molecule has 0 saturated carbocycles. The van der Waals surface area contributed by atoms with Crippen LogP contribution in [-0.4, -0.2) is 16.2 Å². The zero-order valence-electron chi connectivity index (χ0n) is 7.68. The number of benzene rings is 1. The molecule has 0 heterocycles. The van der Waals surface area contributed by atoms with Gasteiger partial charge in [-0.3, -0.25) is 0 Å². The number of hydrogen-bond donors (Lipinski definition) is 2. The molecule has 0 saturated heterocycles. The number of carboxylic acid groups (broad SMARTS) is 1. The second-order valence-electron chi connectivity index (χ2n) is 2.34. The van der Waals surface area contributed by atoms with E-state index in [0.29, 0.717) is 0 Å². The number of phenols is 1. The lowest BCUT2D eigenvalue weighted by molar-refractivity contribution is -0.131. The number of hydrogen-bond acceptors (Lipinski definition) is 2. The maximum absolute atomic E-state index is 9.25. The molecule has 1 aromatic carbocycles. The Labute approximate surface area is 82.6 Å². The highest BCUT2D eigenvalue weighted by molar-refractivity contribution is 5.78. The predicted molar refractivity (Wildman–Crippen MR) is 56.0 cm³/mol. The van der Waals surface area contributed by atoms with E-state index in [1.54, 1.807) is 24.3 Å². The summed E-state index contributed by atoms with van der Waals surface area (Å²) in [4.78, 5) is 9.25. The fourth-order valence-electron chi connectivity index (χ4n) is 0.652. The van der Waals surface area contributed by atoms with Gasteiger partial charge in [-0.1, -0.05) is 31.4 Å². The summed E-state index contributed by atoms with van der Waals surface area (Å²) < 4.78 is 0. The van der Waals surface area contributed by atoms with Crippen LogP contribution < -0.4 is 0 Å². The maximum Gasteiger partial charge on any atom is 0.327 e. The third-order valence-corrected chi connectivity index (χ3v) is 1.28. The molecular formula is C11H12O3. The van der Waals surface area contributed by atoms with Crippen LogP contribution >= 0.6 is 0 Å². The molecule has 2 N–H and O–H groups in total. The number of aliphatic carboxylic acids is 1. The Morgan fingerprint density at radius 1 is 1.36 bits per heavy atom. The van der Waals surface area contributed by atoms with E-state index in [0.717, 1.165) is 11.6 Å². The summed E-state index contributed by atoms with van der Waals surface area (Å²) in [6, 6.07) is 6.96. The Hall–Kier alpha value is -2.03. The minimum absolute atomic E-state index is 0.285. The van der Waals surface area contributed by atoms with Crippen LogP contribution in [0.1, 0.15) is 5.56 Å². The normalized spacial score (nSPS) is 8.00. The van der Waals surface area contributed by atoms with Crippen molar-refractivity contribution in [2.45, 2.75) is 0 Å². The minimum Gasteiger partial charge on any atom is -0.508 e. The predicted octanol–water partition coefficient (Wildman–Crippen LogP) is 2.29. The standard InChI is InChI=1S/C8H8O.C3H4O2/c1-2-7-4-3-5-8(9)6-7;1-2-3(4)5/h2-6,9H,1H2;2H,1H2,(H,4,5). The van der Waals surface area contributed by atoms with E-state index in [1.807, 2.05) is 6.07 Å². The fraction of sp³-hybridized carbons (Fsp3) is 0. The van der Waals surface area contributed by atoms with E-state index in [1.165, 1.54) is 0 Å². The van der Waals surface area contributed by atoms with Gasteiger partial charge in [-0.2, -0.15) is 0 Å². The van der Waals surface area contributed by atoms with Crippen LogP contribution in [0.2, 0.25) is 0 Å². The van der Waals surface area contributed by atoms with Crippen molar-refractivity contribution in [3.63, 3.8) is 0 Å². The molecule has 0 aliphatic heterocycles. The van der Waals surface area contributed by atoms with E-state index in [4.69, 9.17) is 10.2 Å². The molecular weight excluding hydrogens is 180 g/mol. The van der Waals surface area contributed by atoms with Gasteiger partial charge in [-0.05, 0) is 17.7 Å². The quantitative estimate of drug-likeness (QED) is 0.707. The summed E-state index contributed by atoms with van der Waals surface area (Å²) in [6.45, 7) is 6.52. The van der Waals surface area contributed by atoms with Gasteiger partial charge in [0.2, 0.25) is 0 Å². The van der Waals surface area contributed by atoms with Gasteiger partial charge in [0.1, 0.15) is 5.75 Å². The SMILES string of the molecule is C=CC(=O)O.C=Cc1cccc(O)c1. The molecule has 74 valence electrons. The Morgan fingerprint density at radius 2 is 1.93 bits per heavy atom. The molecule has 1 aromatic rings. The van der Waals surface area contributed by atoms with E-state index < -0.39 is 5.97 Å². The lowest BCUT2D eigenvalue weighted by Crippen LogP contribution is -1.82. The van der Waals surface area contributed by atoms with Gasteiger partial charge in [-0.25, -0.2) is 4.79 Å². The van der Waals surface area contributed by atoms with Crippen molar-refractivity contribution in [1.82, 2.24) is 0 Å². The highest BCUT2D eigenvalue weighted by atomic mass is 16.4. The van der Waals surface area contributed by atoms with Crippen LogP contribution in [0.25, 0.3) is 6.08 Å². The Morgan fingerprint density at radius 3 is 2.21 bits per heavy atom. The van der Waals surface area contributed by atoms with Gasteiger partial charge in [0, 0.05) is 6.08 Å². The second-order valence-corrected chi connectivity index (χ2v) is 2.34. The summed E-state index contributed by atoms with van der Waals surface area (Å²) in [7, 11) is 0. The Kier molecular flexibility index (Phi) is 5.54. The van der Waals surface area contributed by atoms with Crippen molar-refractivity contribution in [3.05, 3.63) is 49.1 Å². The van der Waals surface area contributed by atoms with Crippen molar-refractivity contribution in [2.75, 3.05) is 0 Å². The van der Waals surface area contributed by atoms with Crippen LogP contribution in [0.5, 0.6) is 5.75 Å². The van der Waals surface area contributed by atoms with E-state index in [-0.39, 0.29) is 5.75 Å². The summed E-state index contributed by atoms with van der Waals surface area (Å²) >= 11 is 0. The summed E-state index contributed by atoms with van der Waals surface area (Å²) in [5.74, 6) is -0.697. The van der Waals surface area contributed by atoms with Crippen LogP contribution in [0.15, 0.2) is 43.5 Å². The molecule has 3 heteroatoms. The van der Waals surface area contributed by atoms with Crippen LogP contribution in [0, 0.1) is 0 Å². The lowest BCUT2D eigenvalue weighted by Gasteiger charge is -1.91. The van der Waals surface area contributed by atoms with Gasteiger partial charge >= 0.3 is 5.97 Å². The Balaban J connectivity index is 0.000000292. The van der Waals surface area contributed by atoms with E-state index in [9.17, 15) is 4.79 Å². The maximum atomic E-state index is 9.25. The molecule has 3 nitrogen and oxygen atoms in total. The zero-order chi connectivity index (χ0) is 11.0. The fourth-order valence-corrected chi connectivity index (χ4v) is 0.652. The number of rotatable bonds is 2. The molecule has 0 unspecified atom stereocenters. The number of carboxylic acids is 1. The zero-order valence-corrected chi connectivity index (χ0v) is 7.68. The van der Waals surface area contributed by atoms with Crippen LogP contribution in [0.4, 0.5) is 0 Å². The number of carbonyl (C=O) groups is 1. The van der Waals surface area contributed by atoms with Crippen LogP contribution in [-0.2, 0) is 4.79 Å². The second kappa shape index (κ2) is 6.48. The van der Waals surface area contributed by atoms with Crippen molar-refractivity contribution in [1.29, 1.82) is 0 Å². The average molecular weight is 192 g/mol. The third-order valence-electron chi connectivity index (χ3n) is 1.28. The summed E-state index contributed by atoms with van der Waals surface area (Å²) in [5, 5.41) is 16.5. The average Bonchev–Trinajstić information content (AvgIpc) is 2.18. The minimum atomic E-state index is -0.981. The summed E-state index contributed by atoms with van der Waals surface area (Å²) in [6.07, 6.45) is 2.53. The van der Waals surface area contributed by atoms with Crippen molar-refractivity contribution in [2.24, 2.45) is 0 Å². The third kappa shape index (κ3) is 5.60. The molecule has 0 aliphatic rings. The monoisotopic (exact) mass is 192 g/mol. The summed E-state index contributed by atoms with van der Waals surface area (Å²) in [5.41, 5.74) is 0.940. The first-order valence-corrected chi connectivity index (χ1v) is 3.87. The molecule has 14 heavy (non-hydrogen) atoms. The first-order valence-electron chi connectivity index (χ1n) is 3.87. The molecule has 0 spiro atoms. The number of phenolic OH excluding ortho intramolecular Hbond substituents is 1. The topological polar surface area (TPSA) is 57.5 Å². The smallest absolute Gasteiger partial charge is 0.327 e. The first-order chi connectivity index (χ1) is 6.60. The largest absolute Gasteiger partial charge is 0.508 e. The van der Waals surface area contributed by atoms with Gasteiger partial charge in [-0.15, -0.1) is 0 Å². The van der Waals surface area contributed by atoms with E-state index in [2.05, 4.69) is 13.2 Å². The molecule has 0 radical (unpaired) electrons. The van der Waals surface area contributed by atoms with Crippen molar-refractivity contribution >= 4 is 12.0 Å². The molecule has 0 fully saturated rings. The van der Waals surface area contributed by atoms with Crippen molar-refractivity contribution < 1.29 is 15.0 Å². The van der Waals surface area contributed by atoms with E-state index >= 15 is 0 Å². The van der Waals surface area contributed by atoms with Gasteiger partial charge in [0.05, 0.1) is 0 Å². The van der Waals surface area contributed by atoms with Gasteiger partial charge in [0.15, 0.2) is 0 Å². The highest BCUT2D eigenvalue weighted by Gasteiger charge is 1.85. The lowest BCUT2D eigenvalue weighted by atomic mass is 10.2. The molecule has 0 aromatic heterocycles. The Bertz CT molecular complexity index is 329. The highest BCUT2D eigenvalue weighted by Crippen LogP contribution is 2.10. The molecule has 1 rings (SSSR count). The van der Waals surface area contributed by atoms with Gasteiger partial charge < -0.3 is 10.2 Å². The molecule has 0 bridgehead atoms. The first kappa shape index (κ1) is 12.0. The molecule has 0 aliphatic carbocycles.